The number of nitrogens with one attached hydrogen (secondary N) is 1. The SMILES string of the molecule is CCC(CCO)CNCC1CCCO1. The van der Waals surface area contributed by atoms with Crippen LogP contribution in [-0.4, -0.2) is 37.5 Å². The summed E-state index contributed by atoms with van der Waals surface area (Å²) in [6, 6.07) is 0. The van der Waals surface area contributed by atoms with Gasteiger partial charge in [-0.05, 0) is 31.7 Å². The molecule has 1 rings (SSSR count). The number of hydrogen-bond donors (Lipinski definition) is 2. The van der Waals surface area contributed by atoms with Crippen molar-refractivity contribution in [3.05, 3.63) is 0 Å². The van der Waals surface area contributed by atoms with Gasteiger partial charge in [-0.15, -0.1) is 0 Å². The largest absolute Gasteiger partial charge is 0.396 e. The molecular formula is C11H23NO2. The van der Waals surface area contributed by atoms with E-state index in [1.807, 2.05) is 0 Å². The molecule has 1 aliphatic rings. The molecule has 2 unspecified atom stereocenters. The third-order valence-corrected chi connectivity index (χ3v) is 2.94. The number of ether oxygens (including phenoxy) is 1. The Morgan fingerprint density at radius 1 is 1.57 bits per heavy atom. The van der Waals surface area contributed by atoms with Gasteiger partial charge in [0.25, 0.3) is 0 Å². The molecule has 3 nitrogen and oxygen atoms in total. The Labute approximate surface area is 86.8 Å². The molecule has 1 aliphatic heterocycles. The fourth-order valence-electron chi connectivity index (χ4n) is 1.89. The molecule has 0 amide bonds. The van der Waals surface area contributed by atoms with Crippen LogP contribution >= 0.6 is 0 Å². The molecule has 1 heterocycles. The van der Waals surface area contributed by atoms with E-state index in [2.05, 4.69) is 12.2 Å². The van der Waals surface area contributed by atoms with Gasteiger partial charge in [-0.2, -0.15) is 0 Å². The maximum absolute atomic E-state index is 8.83. The summed E-state index contributed by atoms with van der Waals surface area (Å²) >= 11 is 0. The predicted molar refractivity (Wildman–Crippen MR) is 57.3 cm³/mol. The highest BCUT2D eigenvalue weighted by Crippen LogP contribution is 2.11. The first-order valence-corrected chi connectivity index (χ1v) is 5.80. The summed E-state index contributed by atoms with van der Waals surface area (Å²) in [5, 5.41) is 12.3. The highest BCUT2D eigenvalue weighted by Gasteiger charge is 2.15. The van der Waals surface area contributed by atoms with Crippen LogP contribution in [0.15, 0.2) is 0 Å². The summed E-state index contributed by atoms with van der Waals surface area (Å²) in [4.78, 5) is 0. The van der Waals surface area contributed by atoms with Crippen LogP contribution in [0.1, 0.15) is 32.6 Å². The average molecular weight is 201 g/mol. The molecule has 0 aromatic carbocycles. The molecule has 0 bridgehead atoms. The lowest BCUT2D eigenvalue weighted by Crippen LogP contribution is -2.30. The van der Waals surface area contributed by atoms with Gasteiger partial charge < -0.3 is 15.2 Å². The quantitative estimate of drug-likeness (QED) is 0.649. The lowest BCUT2D eigenvalue weighted by molar-refractivity contribution is 0.108. The number of rotatable bonds is 7. The van der Waals surface area contributed by atoms with Crippen molar-refractivity contribution in [2.45, 2.75) is 38.7 Å². The van der Waals surface area contributed by atoms with E-state index in [9.17, 15) is 0 Å². The van der Waals surface area contributed by atoms with Crippen LogP contribution in [0.2, 0.25) is 0 Å². The van der Waals surface area contributed by atoms with E-state index in [-0.39, 0.29) is 0 Å². The minimum atomic E-state index is 0.306. The Morgan fingerprint density at radius 2 is 2.43 bits per heavy atom. The zero-order chi connectivity index (χ0) is 10.2. The van der Waals surface area contributed by atoms with Crippen molar-refractivity contribution < 1.29 is 9.84 Å². The van der Waals surface area contributed by atoms with Crippen LogP contribution in [0.4, 0.5) is 0 Å². The Bertz CT molecular complexity index is 135. The van der Waals surface area contributed by atoms with E-state index in [4.69, 9.17) is 9.84 Å². The Kier molecular flexibility index (Phi) is 6.15. The van der Waals surface area contributed by atoms with Gasteiger partial charge in [0.1, 0.15) is 0 Å². The van der Waals surface area contributed by atoms with E-state index in [0.717, 1.165) is 32.5 Å². The summed E-state index contributed by atoms with van der Waals surface area (Å²) in [5.41, 5.74) is 0. The van der Waals surface area contributed by atoms with Crippen molar-refractivity contribution in [2.24, 2.45) is 5.92 Å². The maximum atomic E-state index is 8.83. The molecule has 3 heteroatoms. The first-order chi connectivity index (χ1) is 6.86. The Balaban J connectivity index is 2.00. The zero-order valence-corrected chi connectivity index (χ0v) is 9.17. The molecule has 0 radical (unpaired) electrons. The van der Waals surface area contributed by atoms with Crippen molar-refractivity contribution in [1.29, 1.82) is 0 Å². The molecule has 0 saturated carbocycles. The van der Waals surface area contributed by atoms with E-state index in [0.29, 0.717) is 18.6 Å². The molecule has 2 N–H and O–H groups in total. The average Bonchev–Trinajstić information content (AvgIpc) is 2.69. The smallest absolute Gasteiger partial charge is 0.0700 e. The molecule has 0 aliphatic carbocycles. The summed E-state index contributed by atoms with van der Waals surface area (Å²) < 4.78 is 5.52. The van der Waals surface area contributed by atoms with Crippen molar-refractivity contribution in [3.8, 4) is 0 Å². The van der Waals surface area contributed by atoms with Crippen LogP contribution < -0.4 is 5.32 Å². The third-order valence-electron chi connectivity index (χ3n) is 2.94. The molecule has 0 aromatic heterocycles. The first kappa shape index (κ1) is 12.0. The highest BCUT2D eigenvalue weighted by atomic mass is 16.5. The van der Waals surface area contributed by atoms with Gasteiger partial charge in [0.2, 0.25) is 0 Å². The molecule has 1 saturated heterocycles. The van der Waals surface area contributed by atoms with Crippen molar-refractivity contribution in [3.63, 3.8) is 0 Å². The number of hydrogen-bond acceptors (Lipinski definition) is 3. The minimum Gasteiger partial charge on any atom is -0.396 e. The first-order valence-electron chi connectivity index (χ1n) is 5.80. The van der Waals surface area contributed by atoms with Gasteiger partial charge in [0, 0.05) is 19.8 Å². The van der Waals surface area contributed by atoms with E-state index < -0.39 is 0 Å². The van der Waals surface area contributed by atoms with Crippen molar-refractivity contribution in [1.82, 2.24) is 5.32 Å². The lowest BCUT2D eigenvalue weighted by atomic mass is 10.0. The van der Waals surface area contributed by atoms with Gasteiger partial charge in [0.05, 0.1) is 6.10 Å². The molecule has 1 fully saturated rings. The lowest BCUT2D eigenvalue weighted by Gasteiger charge is -2.16. The van der Waals surface area contributed by atoms with E-state index in [1.165, 1.54) is 12.8 Å². The Hall–Kier alpha value is -0.120. The van der Waals surface area contributed by atoms with Crippen molar-refractivity contribution in [2.75, 3.05) is 26.3 Å². The summed E-state index contributed by atoms with van der Waals surface area (Å²) in [7, 11) is 0. The summed E-state index contributed by atoms with van der Waals surface area (Å²) in [6.07, 6.45) is 4.89. The van der Waals surface area contributed by atoms with Crippen molar-refractivity contribution >= 4 is 0 Å². The fourth-order valence-corrected chi connectivity index (χ4v) is 1.89. The molecule has 84 valence electrons. The normalized spacial score (nSPS) is 24.0. The zero-order valence-electron chi connectivity index (χ0n) is 9.17. The second-order valence-corrected chi connectivity index (χ2v) is 4.08. The van der Waals surface area contributed by atoms with Crippen LogP contribution in [0.25, 0.3) is 0 Å². The van der Waals surface area contributed by atoms with Gasteiger partial charge in [0.15, 0.2) is 0 Å². The monoisotopic (exact) mass is 201 g/mol. The Morgan fingerprint density at radius 3 is 3.00 bits per heavy atom. The molecular weight excluding hydrogens is 178 g/mol. The summed E-state index contributed by atoms with van der Waals surface area (Å²) in [6.45, 7) is 5.40. The summed E-state index contributed by atoms with van der Waals surface area (Å²) in [5.74, 6) is 0.612. The van der Waals surface area contributed by atoms with Crippen LogP contribution in [-0.2, 0) is 4.74 Å². The second-order valence-electron chi connectivity index (χ2n) is 4.08. The van der Waals surface area contributed by atoms with Crippen LogP contribution in [0, 0.1) is 5.92 Å². The van der Waals surface area contributed by atoms with Gasteiger partial charge in [-0.1, -0.05) is 13.3 Å². The maximum Gasteiger partial charge on any atom is 0.0700 e. The molecule has 2 atom stereocenters. The van der Waals surface area contributed by atoms with Gasteiger partial charge in [-0.25, -0.2) is 0 Å². The van der Waals surface area contributed by atoms with Crippen LogP contribution in [0.5, 0.6) is 0 Å². The van der Waals surface area contributed by atoms with Gasteiger partial charge in [-0.3, -0.25) is 0 Å². The van der Waals surface area contributed by atoms with E-state index in [1.54, 1.807) is 0 Å². The standard InChI is InChI=1S/C11H23NO2/c1-2-10(5-6-13)8-12-9-11-4-3-7-14-11/h10-13H,2-9H2,1H3. The topological polar surface area (TPSA) is 41.5 Å². The van der Waals surface area contributed by atoms with Gasteiger partial charge >= 0.3 is 0 Å². The second kappa shape index (κ2) is 7.21. The number of aliphatic hydroxyl groups excluding tert-OH is 1. The van der Waals surface area contributed by atoms with Crippen LogP contribution in [0.3, 0.4) is 0 Å². The third kappa shape index (κ3) is 4.40. The van der Waals surface area contributed by atoms with E-state index >= 15 is 0 Å². The number of aliphatic hydroxyl groups is 1. The predicted octanol–water partition coefficient (Wildman–Crippen LogP) is 1.16. The fraction of sp³-hybridized carbons (Fsp3) is 1.00. The molecule has 0 spiro atoms. The highest BCUT2D eigenvalue weighted by molar-refractivity contribution is 4.69. The minimum absolute atomic E-state index is 0.306. The molecule has 0 aromatic rings. The molecule has 14 heavy (non-hydrogen) atoms.